The molecule has 0 saturated heterocycles. The van der Waals surface area contributed by atoms with Crippen molar-refractivity contribution in [3.63, 3.8) is 0 Å². The van der Waals surface area contributed by atoms with Crippen LogP contribution in [0.1, 0.15) is 11.1 Å². The summed E-state index contributed by atoms with van der Waals surface area (Å²) in [6, 6.07) is 17.2. The van der Waals surface area contributed by atoms with Crippen molar-refractivity contribution < 1.29 is 4.39 Å². The van der Waals surface area contributed by atoms with E-state index in [1.54, 1.807) is 23.6 Å². The largest absolute Gasteiger partial charge is 0.352 e. The molecular formula is C21H15FN4O2S. The fraction of sp³-hybridized carbons (Fsp3) is 0.0952. The van der Waals surface area contributed by atoms with Crippen molar-refractivity contribution in [2.24, 2.45) is 0 Å². The van der Waals surface area contributed by atoms with Gasteiger partial charge in [-0.2, -0.15) is 0 Å². The highest BCUT2D eigenvalue weighted by molar-refractivity contribution is 7.17. The molecule has 0 amide bonds. The van der Waals surface area contributed by atoms with Crippen LogP contribution in [0.3, 0.4) is 0 Å². The van der Waals surface area contributed by atoms with Gasteiger partial charge in [0.1, 0.15) is 10.5 Å². The Morgan fingerprint density at radius 2 is 1.62 bits per heavy atom. The summed E-state index contributed by atoms with van der Waals surface area (Å²) in [6.07, 6.45) is 0. The van der Waals surface area contributed by atoms with Crippen molar-refractivity contribution in [3.05, 3.63) is 104 Å². The van der Waals surface area contributed by atoms with Gasteiger partial charge in [-0.15, -0.1) is 16.4 Å². The van der Waals surface area contributed by atoms with Crippen molar-refractivity contribution in [1.29, 1.82) is 0 Å². The molecule has 5 aromatic rings. The fourth-order valence-electron chi connectivity index (χ4n) is 3.41. The van der Waals surface area contributed by atoms with Crippen molar-refractivity contribution in [2.45, 2.75) is 13.1 Å². The van der Waals surface area contributed by atoms with Gasteiger partial charge < -0.3 is 0 Å². The topological polar surface area (TPSA) is 61.3 Å². The molecule has 0 fully saturated rings. The molecule has 8 heteroatoms. The number of aromatic nitrogens is 4. The van der Waals surface area contributed by atoms with E-state index >= 15 is 0 Å². The minimum absolute atomic E-state index is 0.176. The molecule has 144 valence electrons. The zero-order chi connectivity index (χ0) is 20.0. The van der Waals surface area contributed by atoms with Gasteiger partial charge in [-0.05, 0) is 34.7 Å². The summed E-state index contributed by atoms with van der Waals surface area (Å²) in [4.78, 5) is 26.2. The van der Waals surface area contributed by atoms with Crippen molar-refractivity contribution in [3.8, 4) is 0 Å². The molecule has 6 nitrogen and oxygen atoms in total. The van der Waals surface area contributed by atoms with Crippen LogP contribution in [0.2, 0.25) is 0 Å². The minimum Gasteiger partial charge on any atom is -0.271 e. The Hall–Kier alpha value is -3.52. The first-order valence-corrected chi connectivity index (χ1v) is 9.88. The summed E-state index contributed by atoms with van der Waals surface area (Å²) in [5.41, 5.74) is 1.72. The maximum atomic E-state index is 13.2. The van der Waals surface area contributed by atoms with E-state index in [-0.39, 0.29) is 29.4 Å². The second kappa shape index (κ2) is 6.82. The first kappa shape index (κ1) is 17.6. The van der Waals surface area contributed by atoms with Crippen LogP contribution < -0.4 is 11.2 Å². The van der Waals surface area contributed by atoms with Gasteiger partial charge in [-0.3, -0.25) is 9.36 Å². The maximum Gasteiger partial charge on any atom is 0.352 e. The Morgan fingerprint density at radius 1 is 0.897 bits per heavy atom. The maximum absolute atomic E-state index is 13.2. The predicted octanol–water partition coefficient (Wildman–Crippen LogP) is 3.11. The molecule has 0 unspecified atom stereocenters. The van der Waals surface area contributed by atoms with Crippen molar-refractivity contribution in [2.75, 3.05) is 0 Å². The van der Waals surface area contributed by atoms with Crippen LogP contribution in [0.15, 0.2) is 75.6 Å². The molecule has 2 aromatic carbocycles. The summed E-state index contributed by atoms with van der Waals surface area (Å²) < 4.78 is 18.0. The average molecular weight is 406 g/mol. The second-order valence-corrected chi connectivity index (χ2v) is 7.63. The number of nitrogens with zero attached hydrogens (tertiary/aromatic N) is 4. The van der Waals surface area contributed by atoms with Gasteiger partial charge in [0, 0.05) is 0 Å². The highest BCUT2D eigenvalue weighted by atomic mass is 32.1. The van der Waals surface area contributed by atoms with Crippen LogP contribution in [-0.4, -0.2) is 18.7 Å². The lowest BCUT2D eigenvalue weighted by Gasteiger charge is -2.07. The normalized spacial score (nSPS) is 11.5. The number of hydrogen-bond acceptors (Lipinski definition) is 4. The lowest BCUT2D eigenvalue weighted by atomic mass is 10.2. The molecule has 0 saturated carbocycles. The zero-order valence-electron chi connectivity index (χ0n) is 15.2. The van der Waals surface area contributed by atoms with Gasteiger partial charge in [0.15, 0.2) is 0 Å². The molecule has 0 bridgehead atoms. The van der Waals surface area contributed by atoms with Crippen molar-refractivity contribution in [1.82, 2.24) is 18.7 Å². The van der Waals surface area contributed by atoms with E-state index in [1.165, 1.54) is 37.1 Å². The van der Waals surface area contributed by atoms with Gasteiger partial charge in [-0.1, -0.05) is 42.5 Å². The Kier molecular flexibility index (Phi) is 4.13. The van der Waals surface area contributed by atoms with Crippen LogP contribution in [0.4, 0.5) is 4.39 Å². The summed E-state index contributed by atoms with van der Waals surface area (Å²) in [5, 5.41) is 6.25. The summed E-state index contributed by atoms with van der Waals surface area (Å²) in [7, 11) is 0. The quantitative estimate of drug-likeness (QED) is 0.461. The van der Waals surface area contributed by atoms with E-state index < -0.39 is 0 Å². The predicted molar refractivity (Wildman–Crippen MR) is 110 cm³/mol. The van der Waals surface area contributed by atoms with Crippen LogP contribution in [-0.2, 0) is 13.1 Å². The minimum atomic E-state index is -0.340. The molecule has 3 heterocycles. The van der Waals surface area contributed by atoms with E-state index in [0.717, 1.165) is 11.1 Å². The Morgan fingerprint density at radius 3 is 2.38 bits per heavy atom. The molecule has 0 spiro atoms. The van der Waals surface area contributed by atoms with E-state index in [2.05, 4.69) is 5.10 Å². The third-order valence-corrected chi connectivity index (χ3v) is 5.71. The van der Waals surface area contributed by atoms with Crippen LogP contribution in [0.25, 0.3) is 16.0 Å². The van der Waals surface area contributed by atoms with Crippen molar-refractivity contribution >= 4 is 27.3 Å². The van der Waals surface area contributed by atoms with E-state index in [1.807, 2.05) is 30.3 Å². The highest BCUT2D eigenvalue weighted by Gasteiger charge is 2.18. The van der Waals surface area contributed by atoms with Crippen LogP contribution >= 0.6 is 11.3 Å². The SMILES string of the molecule is O=c1c2sccc2n2c(=O)n(Cc3ccc(F)cc3)nc2n1Cc1ccccc1. The summed E-state index contributed by atoms with van der Waals surface area (Å²) in [5.74, 6) is -0.0513. The molecule has 3 aromatic heterocycles. The lowest BCUT2D eigenvalue weighted by Crippen LogP contribution is -2.26. The lowest BCUT2D eigenvalue weighted by molar-refractivity contribution is 0.622. The Bertz CT molecular complexity index is 1450. The second-order valence-electron chi connectivity index (χ2n) is 6.71. The summed E-state index contributed by atoms with van der Waals surface area (Å²) >= 11 is 1.31. The van der Waals surface area contributed by atoms with Gasteiger partial charge in [-0.25, -0.2) is 18.3 Å². The zero-order valence-corrected chi connectivity index (χ0v) is 16.0. The van der Waals surface area contributed by atoms with Gasteiger partial charge >= 0.3 is 5.69 Å². The molecule has 0 aliphatic heterocycles. The van der Waals surface area contributed by atoms with Crippen LogP contribution in [0.5, 0.6) is 0 Å². The Labute approximate surface area is 167 Å². The molecule has 5 rings (SSSR count). The molecule has 0 N–H and O–H groups in total. The molecule has 0 radical (unpaired) electrons. The van der Waals surface area contributed by atoms with Crippen LogP contribution in [0, 0.1) is 5.82 Å². The third-order valence-electron chi connectivity index (χ3n) is 4.82. The average Bonchev–Trinajstić information content (AvgIpc) is 3.33. The van der Waals surface area contributed by atoms with Gasteiger partial charge in [0.2, 0.25) is 5.78 Å². The standard InChI is InChI=1S/C21H15FN4O2S/c22-16-8-6-15(7-9-16)13-25-21(28)26-17-10-11-29-18(17)19(27)24(20(26)23-25)12-14-4-2-1-3-5-14/h1-11H,12-13H2. The smallest absolute Gasteiger partial charge is 0.271 e. The monoisotopic (exact) mass is 406 g/mol. The van der Waals surface area contributed by atoms with E-state index in [0.29, 0.717) is 16.8 Å². The van der Waals surface area contributed by atoms with E-state index in [4.69, 9.17) is 0 Å². The first-order chi connectivity index (χ1) is 14.1. The van der Waals surface area contributed by atoms with Gasteiger partial charge in [0.05, 0.1) is 18.6 Å². The molecule has 0 aliphatic carbocycles. The first-order valence-electron chi connectivity index (χ1n) is 9.00. The molecule has 0 aliphatic rings. The highest BCUT2D eigenvalue weighted by Crippen LogP contribution is 2.18. The number of halogens is 1. The number of fused-ring (bicyclic) bond motifs is 3. The third kappa shape index (κ3) is 2.98. The molecule has 29 heavy (non-hydrogen) atoms. The van der Waals surface area contributed by atoms with E-state index in [9.17, 15) is 14.0 Å². The van der Waals surface area contributed by atoms with Gasteiger partial charge in [0.25, 0.3) is 5.56 Å². The number of rotatable bonds is 4. The molecular weight excluding hydrogens is 391 g/mol. The number of thiophene rings is 1. The Balaban J connectivity index is 1.73. The number of hydrogen-bond donors (Lipinski definition) is 0. The summed E-state index contributed by atoms with van der Waals surface area (Å²) in [6.45, 7) is 0.496. The fourth-order valence-corrected chi connectivity index (χ4v) is 4.23. The number of benzene rings is 2. The molecule has 0 atom stereocenters.